The summed E-state index contributed by atoms with van der Waals surface area (Å²) >= 11 is 0. The molecule has 0 aliphatic carbocycles. The molecule has 0 spiro atoms. The first-order valence-corrected chi connectivity index (χ1v) is 9.90. The normalized spacial score (nSPS) is 11.5. The Kier molecular flexibility index (Phi) is 7.57. The Morgan fingerprint density at radius 1 is 1.03 bits per heavy atom. The lowest BCUT2D eigenvalue weighted by Gasteiger charge is -2.18. The molecule has 2 aromatic carbocycles. The molecule has 1 amide bonds. The molecular formula is C19H23N3O6S. The predicted molar refractivity (Wildman–Crippen MR) is 108 cm³/mol. The van der Waals surface area contributed by atoms with Crippen LogP contribution >= 0.6 is 0 Å². The van der Waals surface area contributed by atoms with Crippen molar-refractivity contribution in [1.82, 2.24) is 9.73 Å². The molecule has 0 aromatic heterocycles. The fourth-order valence-corrected chi connectivity index (χ4v) is 3.64. The Labute approximate surface area is 169 Å². The van der Waals surface area contributed by atoms with Crippen LogP contribution in [0.5, 0.6) is 17.2 Å². The van der Waals surface area contributed by atoms with Gasteiger partial charge in [-0.3, -0.25) is 4.79 Å². The highest BCUT2D eigenvalue weighted by Crippen LogP contribution is 2.30. The summed E-state index contributed by atoms with van der Waals surface area (Å²) < 4.78 is 41.8. The Morgan fingerprint density at radius 3 is 2.24 bits per heavy atom. The van der Waals surface area contributed by atoms with Gasteiger partial charge in [0.1, 0.15) is 22.1 Å². The van der Waals surface area contributed by atoms with Gasteiger partial charge in [0.2, 0.25) is 10.0 Å². The van der Waals surface area contributed by atoms with Gasteiger partial charge in [-0.2, -0.15) is 9.41 Å². The molecule has 1 N–H and O–H groups in total. The van der Waals surface area contributed by atoms with Crippen molar-refractivity contribution in [3.63, 3.8) is 0 Å². The van der Waals surface area contributed by atoms with Crippen molar-refractivity contribution in [1.29, 1.82) is 0 Å². The Morgan fingerprint density at radius 2 is 1.66 bits per heavy atom. The number of nitrogens with one attached hydrogen (secondary N) is 1. The second-order valence-electron chi connectivity index (χ2n) is 5.84. The summed E-state index contributed by atoms with van der Waals surface area (Å²) in [5, 5.41) is 3.83. The van der Waals surface area contributed by atoms with Crippen LogP contribution in [0.25, 0.3) is 0 Å². The minimum absolute atomic E-state index is 0.101. The lowest BCUT2D eigenvalue weighted by Crippen LogP contribution is -2.36. The number of carbonyl (C=O) groups is 1. The van der Waals surface area contributed by atoms with Gasteiger partial charge in [-0.1, -0.05) is 0 Å². The number of carbonyl (C=O) groups excluding carboxylic acids is 1. The third-order valence-corrected chi connectivity index (χ3v) is 5.77. The van der Waals surface area contributed by atoms with E-state index in [4.69, 9.17) is 14.2 Å². The first-order chi connectivity index (χ1) is 13.8. The van der Waals surface area contributed by atoms with Crippen molar-refractivity contribution in [2.75, 3.05) is 34.9 Å². The first kappa shape index (κ1) is 22.2. The number of benzene rings is 2. The van der Waals surface area contributed by atoms with Crippen LogP contribution in [-0.4, -0.2) is 59.8 Å². The fourth-order valence-electron chi connectivity index (χ4n) is 2.34. The molecule has 29 heavy (non-hydrogen) atoms. The maximum atomic E-state index is 12.8. The van der Waals surface area contributed by atoms with E-state index in [9.17, 15) is 13.2 Å². The van der Waals surface area contributed by atoms with E-state index < -0.39 is 22.5 Å². The summed E-state index contributed by atoms with van der Waals surface area (Å²) in [6.45, 7) is -0.428. The topological polar surface area (TPSA) is 107 Å². The number of sulfonamides is 1. The van der Waals surface area contributed by atoms with E-state index in [0.717, 1.165) is 9.87 Å². The Hall–Kier alpha value is -3.11. The molecule has 0 saturated heterocycles. The largest absolute Gasteiger partial charge is 0.497 e. The molecule has 2 aromatic rings. The third-order valence-electron chi connectivity index (χ3n) is 3.94. The zero-order valence-corrected chi connectivity index (χ0v) is 17.4. The lowest BCUT2D eigenvalue weighted by atomic mass is 10.2. The summed E-state index contributed by atoms with van der Waals surface area (Å²) in [5.41, 5.74) is 3.05. The third kappa shape index (κ3) is 5.69. The number of nitrogens with zero attached hydrogens (tertiary/aromatic N) is 2. The second-order valence-corrected chi connectivity index (χ2v) is 7.86. The fraction of sp³-hybridized carbons (Fsp3) is 0.263. The standard InChI is InChI=1S/C19H23N3O6S/c1-22(29(24,25)18-11-16(27-3)9-10-17(18)28-4)13-19(23)21-20-12-14-5-7-15(26-2)8-6-14/h5-12H,13H2,1-4H3,(H,21,23). The minimum Gasteiger partial charge on any atom is -0.497 e. The van der Waals surface area contributed by atoms with Crippen LogP contribution in [-0.2, 0) is 14.8 Å². The molecule has 2 rings (SSSR count). The summed E-state index contributed by atoms with van der Waals surface area (Å²) in [4.78, 5) is 12.0. The number of hydrogen-bond donors (Lipinski definition) is 1. The van der Waals surface area contributed by atoms with Crippen molar-refractivity contribution in [2.24, 2.45) is 5.10 Å². The molecule has 0 fully saturated rings. The Bertz CT molecular complexity index is 974. The van der Waals surface area contributed by atoms with Gasteiger partial charge in [-0.05, 0) is 42.0 Å². The van der Waals surface area contributed by atoms with Crippen LogP contribution in [0, 0.1) is 0 Å². The zero-order chi connectivity index (χ0) is 21.4. The van der Waals surface area contributed by atoms with E-state index in [2.05, 4.69) is 10.5 Å². The van der Waals surface area contributed by atoms with E-state index in [-0.39, 0.29) is 10.6 Å². The van der Waals surface area contributed by atoms with E-state index in [1.807, 2.05) is 0 Å². The zero-order valence-electron chi connectivity index (χ0n) is 16.6. The highest BCUT2D eigenvalue weighted by atomic mass is 32.2. The average molecular weight is 421 g/mol. The van der Waals surface area contributed by atoms with Gasteiger partial charge in [-0.15, -0.1) is 0 Å². The van der Waals surface area contributed by atoms with Crippen LogP contribution in [0.4, 0.5) is 0 Å². The van der Waals surface area contributed by atoms with Crippen molar-refractivity contribution in [3.8, 4) is 17.2 Å². The van der Waals surface area contributed by atoms with Crippen molar-refractivity contribution < 1.29 is 27.4 Å². The average Bonchev–Trinajstić information content (AvgIpc) is 2.73. The molecule has 0 aliphatic rings. The quantitative estimate of drug-likeness (QED) is 0.486. The predicted octanol–water partition coefficient (Wildman–Crippen LogP) is 1.48. The highest BCUT2D eigenvalue weighted by molar-refractivity contribution is 7.89. The molecule has 0 heterocycles. The molecule has 0 atom stereocenters. The molecule has 10 heteroatoms. The van der Waals surface area contributed by atoms with Crippen molar-refractivity contribution in [3.05, 3.63) is 48.0 Å². The molecule has 0 bridgehead atoms. The number of amides is 1. The number of hydrogen-bond acceptors (Lipinski definition) is 7. The molecule has 0 radical (unpaired) electrons. The highest BCUT2D eigenvalue weighted by Gasteiger charge is 2.27. The van der Waals surface area contributed by atoms with Crippen LogP contribution in [0.2, 0.25) is 0 Å². The monoisotopic (exact) mass is 421 g/mol. The summed E-state index contributed by atoms with van der Waals surface area (Å²) in [5.74, 6) is 0.607. The van der Waals surface area contributed by atoms with Gasteiger partial charge < -0.3 is 14.2 Å². The van der Waals surface area contributed by atoms with E-state index in [0.29, 0.717) is 11.5 Å². The van der Waals surface area contributed by atoms with Crippen LogP contribution in [0.3, 0.4) is 0 Å². The molecule has 0 saturated carbocycles. The van der Waals surface area contributed by atoms with Crippen molar-refractivity contribution in [2.45, 2.75) is 4.90 Å². The SMILES string of the molecule is COc1ccc(C=NNC(=O)CN(C)S(=O)(=O)c2cc(OC)ccc2OC)cc1. The van der Waals surface area contributed by atoms with Crippen molar-refractivity contribution >= 4 is 22.1 Å². The maximum absolute atomic E-state index is 12.8. The summed E-state index contributed by atoms with van der Waals surface area (Å²) in [6.07, 6.45) is 1.44. The number of rotatable bonds is 9. The molecule has 9 nitrogen and oxygen atoms in total. The second kappa shape index (κ2) is 9.89. The summed E-state index contributed by atoms with van der Waals surface area (Å²) in [6, 6.07) is 11.4. The van der Waals surface area contributed by atoms with Gasteiger partial charge in [0.15, 0.2) is 0 Å². The van der Waals surface area contributed by atoms with Crippen LogP contribution in [0.15, 0.2) is 52.5 Å². The van der Waals surface area contributed by atoms with E-state index in [1.165, 1.54) is 39.6 Å². The number of methoxy groups -OCH3 is 3. The van der Waals surface area contributed by atoms with Gasteiger partial charge in [-0.25, -0.2) is 13.8 Å². The smallest absolute Gasteiger partial charge is 0.255 e. The van der Waals surface area contributed by atoms with Gasteiger partial charge >= 0.3 is 0 Å². The summed E-state index contributed by atoms with van der Waals surface area (Å²) in [7, 11) is 1.65. The maximum Gasteiger partial charge on any atom is 0.255 e. The molecule has 0 unspecified atom stereocenters. The molecule has 156 valence electrons. The number of hydrazone groups is 1. The number of likely N-dealkylation sites (N-methyl/N-ethyl adjacent to an activating group) is 1. The van der Waals surface area contributed by atoms with Gasteiger partial charge in [0.05, 0.1) is 34.1 Å². The molecular weight excluding hydrogens is 398 g/mol. The van der Waals surface area contributed by atoms with Gasteiger partial charge in [0, 0.05) is 13.1 Å². The van der Waals surface area contributed by atoms with E-state index >= 15 is 0 Å². The molecule has 0 aliphatic heterocycles. The van der Waals surface area contributed by atoms with Gasteiger partial charge in [0.25, 0.3) is 5.91 Å². The minimum atomic E-state index is -3.99. The Balaban J connectivity index is 2.05. The number of ether oxygens (including phenoxy) is 3. The van der Waals surface area contributed by atoms with E-state index in [1.54, 1.807) is 37.4 Å². The lowest BCUT2D eigenvalue weighted by molar-refractivity contribution is -0.121. The first-order valence-electron chi connectivity index (χ1n) is 8.46. The van der Waals surface area contributed by atoms with Crippen LogP contribution in [0.1, 0.15) is 5.56 Å². The van der Waals surface area contributed by atoms with Crippen LogP contribution < -0.4 is 19.6 Å².